The normalized spacial score (nSPS) is 12.2. The summed E-state index contributed by atoms with van der Waals surface area (Å²) < 4.78 is 5.10. The molecule has 3 rings (SSSR count). The minimum atomic E-state index is 0.0360. The van der Waals surface area contributed by atoms with E-state index in [4.69, 9.17) is 4.42 Å². The average molecular weight is 281 g/mol. The first-order valence-electron chi connectivity index (χ1n) is 6.67. The van der Waals surface area contributed by atoms with E-state index in [9.17, 15) is 10.2 Å². The van der Waals surface area contributed by atoms with Gasteiger partial charge in [0.15, 0.2) is 6.39 Å². The van der Waals surface area contributed by atoms with Crippen LogP contribution in [0.1, 0.15) is 22.7 Å². The van der Waals surface area contributed by atoms with Crippen LogP contribution in [0.2, 0.25) is 0 Å². The topological polar surface area (TPSA) is 66.5 Å². The monoisotopic (exact) mass is 281 g/mol. The third-order valence-corrected chi connectivity index (χ3v) is 3.48. The van der Waals surface area contributed by atoms with Crippen LogP contribution < -0.4 is 0 Å². The van der Waals surface area contributed by atoms with Crippen molar-refractivity contribution < 1.29 is 14.6 Å². The van der Waals surface area contributed by atoms with Gasteiger partial charge in [-0.1, -0.05) is 24.3 Å². The summed E-state index contributed by atoms with van der Waals surface area (Å²) >= 11 is 0. The van der Waals surface area contributed by atoms with Crippen molar-refractivity contribution in [3.63, 3.8) is 0 Å². The second kappa shape index (κ2) is 5.71. The maximum Gasteiger partial charge on any atom is 0.180 e. The van der Waals surface area contributed by atoms with Gasteiger partial charge < -0.3 is 14.6 Å². The van der Waals surface area contributed by atoms with Gasteiger partial charge in [-0.2, -0.15) is 0 Å². The molecule has 0 aliphatic heterocycles. The molecule has 0 bridgehead atoms. The summed E-state index contributed by atoms with van der Waals surface area (Å²) in [6.07, 6.45) is 3.79. The van der Waals surface area contributed by atoms with E-state index >= 15 is 0 Å². The Morgan fingerprint density at radius 3 is 2.10 bits per heavy atom. The van der Waals surface area contributed by atoms with Gasteiger partial charge in [-0.3, -0.25) is 0 Å². The van der Waals surface area contributed by atoms with Crippen molar-refractivity contribution in [1.82, 2.24) is 4.98 Å². The SMILES string of the molecule is Oc1ccc(CC(c2ccc(O)cc2)c2cocn2)cc1. The molecule has 2 aromatic carbocycles. The van der Waals surface area contributed by atoms with Crippen LogP contribution in [-0.4, -0.2) is 15.2 Å². The number of aromatic nitrogens is 1. The Kier molecular flexibility index (Phi) is 3.60. The lowest BCUT2D eigenvalue weighted by molar-refractivity contribution is 0.474. The zero-order chi connectivity index (χ0) is 14.7. The molecule has 4 nitrogen and oxygen atoms in total. The molecule has 0 saturated carbocycles. The molecule has 2 N–H and O–H groups in total. The summed E-state index contributed by atoms with van der Waals surface area (Å²) in [6, 6.07) is 14.2. The van der Waals surface area contributed by atoms with E-state index in [1.807, 2.05) is 24.3 Å². The number of phenols is 2. The predicted molar refractivity (Wildman–Crippen MR) is 78.3 cm³/mol. The van der Waals surface area contributed by atoms with Gasteiger partial charge in [0.2, 0.25) is 0 Å². The molecular formula is C17H15NO3. The number of oxazole rings is 1. The molecule has 0 fully saturated rings. The molecule has 3 aromatic rings. The first-order valence-corrected chi connectivity index (χ1v) is 6.67. The highest BCUT2D eigenvalue weighted by molar-refractivity contribution is 5.35. The van der Waals surface area contributed by atoms with Gasteiger partial charge in [-0.15, -0.1) is 0 Å². The molecule has 0 radical (unpaired) electrons. The van der Waals surface area contributed by atoms with Crippen LogP contribution in [0, 0.1) is 0 Å². The molecule has 4 heteroatoms. The molecule has 0 spiro atoms. The third-order valence-electron chi connectivity index (χ3n) is 3.48. The number of benzene rings is 2. The van der Waals surface area contributed by atoms with Gasteiger partial charge >= 0.3 is 0 Å². The Hall–Kier alpha value is -2.75. The van der Waals surface area contributed by atoms with E-state index in [0.717, 1.165) is 23.2 Å². The Bertz CT molecular complexity index is 688. The number of hydrogen-bond donors (Lipinski definition) is 2. The van der Waals surface area contributed by atoms with E-state index in [1.165, 1.54) is 6.39 Å². The third kappa shape index (κ3) is 3.05. The second-order valence-corrected chi connectivity index (χ2v) is 4.93. The first-order chi connectivity index (χ1) is 10.2. The van der Waals surface area contributed by atoms with Crippen molar-refractivity contribution in [3.8, 4) is 11.5 Å². The van der Waals surface area contributed by atoms with Crippen LogP contribution >= 0.6 is 0 Å². The summed E-state index contributed by atoms with van der Waals surface area (Å²) in [6.45, 7) is 0. The van der Waals surface area contributed by atoms with Gasteiger partial charge in [0.1, 0.15) is 17.8 Å². The van der Waals surface area contributed by atoms with Gasteiger partial charge in [0.25, 0.3) is 0 Å². The largest absolute Gasteiger partial charge is 0.508 e. The molecule has 0 aliphatic rings. The standard InChI is InChI=1S/C17H15NO3/c19-14-5-1-12(2-6-14)9-16(17-10-21-11-18-17)13-3-7-15(20)8-4-13/h1-8,10-11,16,19-20H,9H2. The Labute approximate surface area is 122 Å². The molecule has 0 amide bonds. The number of nitrogens with zero attached hydrogens (tertiary/aromatic N) is 1. The molecule has 1 atom stereocenters. The minimum absolute atomic E-state index is 0.0360. The fourth-order valence-electron chi connectivity index (χ4n) is 2.36. The molecule has 21 heavy (non-hydrogen) atoms. The van der Waals surface area contributed by atoms with E-state index in [1.54, 1.807) is 30.5 Å². The molecule has 0 saturated heterocycles. The van der Waals surface area contributed by atoms with Crippen LogP contribution in [0.5, 0.6) is 11.5 Å². The Morgan fingerprint density at radius 2 is 1.52 bits per heavy atom. The molecule has 1 heterocycles. The van der Waals surface area contributed by atoms with E-state index in [2.05, 4.69) is 4.98 Å². The van der Waals surface area contributed by atoms with E-state index in [0.29, 0.717) is 0 Å². The quantitative estimate of drug-likeness (QED) is 0.768. The summed E-state index contributed by atoms with van der Waals surface area (Å²) in [5, 5.41) is 18.8. The molecule has 1 aromatic heterocycles. The maximum absolute atomic E-state index is 9.43. The number of phenolic OH excluding ortho intramolecular Hbond substituents is 2. The molecule has 106 valence electrons. The van der Waals surface area contributed by atoms with Crippen molar-refractivity contribution >= 4 is 0 Å². The van der Waals surface area contributed by atoms with E-state index in [-0.39, 0.29) is 17.4 Å². The summed E-state index contributed by atoms with van der Waals surface area (Å²) in [5.41, 5.74) is 2.98. The molecule has 1 unspecified atom stereocenters. The van der Waals surface area contributed by atoms with Crippen LogP contribution in [0.15, 0.2) is 65.6 Å². The molecular weight excluding hydrogens is 266 g/mol. The van der Waals surface area contributed by atoms with Crippen LogP contribution in [-0.2, 0) is 6.42 Å². The van der Waals surface area contributed by atoms with Crippen molar-refractivity contribution in [2.45, 2.75) is 12.3 Å². The van der Waals surface area contributed by atoms with Crippen molar-refractivity contribution in [1.29, 1.82) is 0 Å². The minimum Gasteiger partial charge on any atom is -0.508 e. The summed E-state index contributed by atoms with van der Waals surface area (Å²) in [4.78, 5) is 4.25. The zero-order valence-electron chi connectivity index (χ0n) is 11.3. The fourth-order valence-corrected chi connectivity index (χ4v) is 2.36. The lowest BCUT2D eigenvalue weighted by Crippen LogP contribution is -2.05. The highest BCUT2D eigenvalue weighted by Gasteiger charge is 2.17. The number of rotatable bonds is 4. The number of hydrogen-bond acceptors (Lipinski definition) is 4. The fraction of sp³-hybridized carbons (Fsp3) is 0.118. The second-order valence-electron chi connectivity index (χ2n) is 4.93. The molecule has 0 aliphatic carbocycles. The van der Waals surface area contributed by atoms with Crippen LogP contribution in [0.25, 0.3) is 0 Å². The van der Waals surface area contributed by atoms with Gasteiger partial charge in [0.05, 0.1) is 5.69 Å². The number of aromatic hydroxyl groups is 2. The van der Waals surface area contributed by atoms with Crippen LogP contribution in [0.4, 0.5) is 0 Å². The predicted octanol–water partition coefficient (Wildman–Crippen LogP) is 3.46. The van der Waals surface area contributed by atoms with Crippen molar-refractivity contribution in [2.24, 2.45) is 0 Å². The summed E-state index contributed by atoms with van der Waals surface area (Å²) in [7, 11) is 0. The van der Waals surface area contributed by atoms with Crippen molar-refractivity contribution in [3.05, 3.63) is 78.0 Å². The van der Waals surface area contributed by atoms with Gasteiger partial charge in [-0.25, -0.2) is 4.98 Å². The smallest absolute Gasteiger partial charge is 0.180 e. The lowest BCUT2D eigenvalue weighted by atomic mass is 9.89. The maximum atomic E-state index is 9.43. The first kappa shape index (κ1) is 13.2. The lowest BCUT2D eigenvalue weighted by Gasteiger charge is -2.15. The average Bonchev–Trinajstić information content (AvgIpc) is 3.02. The summed E-state index contributed by atoms with van der Waals surface area (Å²) in [5.74, 6) is 0.526. The highest BCUT2D eigenvalue weighted by atomic mass is 16.3. The van der Waals surface area contributed by atoms with E-state index < -0.39 is 0 Å². The van der Waals surface area contributed by atoms with Crippen molar-refractivity contribution in [2.75, 3.05) is 0 Å². The van der Waals surface area contributed by atoms with Gasteiger partial charge in [0, 0.05) is 5.92 Å². The van der Waals surface area contributed by atoms with Gasteiger partial charge in [-0.05, 0) is 41.8 Å². The Balaban J connectivity index is 1.93. The Morgan fingerprint density at radius 1 is 0.905 bits per heavy atom. The highest BCUT2D eigenvalue weighted by Crippen LogP contribution is 2.29. The zero-order valence-corrected chi connectivity index (χ0v) is 11.3. The van der Waals surface area contributed by atoms with Crippen LogP contribution in [0.3, 0.4) is 0 Å².